The zero-order chi connectivity index (χ0) is 24.0. The smallest absolute Gasteiger partial charge is 0.257 e. The Bertz CT molecular complexity index is 991. The maximum atomic E-state index is 14.0. The Morgan fingerprint density at radius 2 is 1.79 bits per heavy atom. The third-order valence-electron chi connectivity index (χ3n) is 6.12. The highest BCUT2D eigenvalue weighted by Crippen LogP contribution is 2.34. The maximum absolute atomic E-state index is 14.0. The van der Waals surface area contributed by atoms with Crippen LogP contribution < -0.4 is 15.4 Å². The van der Waals surface area contributed by atoms with E-state index in [9.17, 15) is 18.4 Å². The summed E-state index contributed by atoms with van der Waals surface area (Å²) in [5, 5.41) is 5.53. The summed E-state index contributed by atoms with van der Waals surface area (Å²) in [6, 6.07) is 10.2. The van der Waals surface area contributed by atoms with Crippen LogP contribution in [0.1, 0.15) is 43.9 Å². The van der Waals surface area contributed by atoms with E-state index in [0.717, 1.165) is 38.1 Å². The van der Waals surface area contributed by atoms with E-state index >= 15 is 0 Å². The van der Waals surface area contributed by atoms with Crippen LogP contribution in [0.4, 0.5) is 8.78 Å². The first kappa shape index (κ1) is 24.6. The summed E-state index contributed by atoms with van der Waals surface area (Å²) < 4.78 is 33.1. The number of carbonyl (C=O) groups is 2. The molecule has 178 valence electrons. The Kier molecular flexibility index (Phi) is 8.02. The van der Waals surface area contributed by atoms with Gasteiger partial charge in [-0.1, -0.05) is 18.2 Å². The zero-order valence-corrected chi connectivity index (χ0v) is 19.3. The highest BCUT2D eigenvalue weighted by molar-refractivity contribution is 5.79. The monoisotopic (exact) mass is 459 g/mol. The third-order valence-corrected chi connectivity index (χ3v) is 6.12. The number of likely N-dealkylation sites (tertiary alicyclic amines) is 1. The Morgan fingerprint density at radius 1 is 1.06 bits per heavy atom. The van der Waals surface area contributed by atoms with E-state index in [1.807, 2.05) is 13.8 Å². The minimum absolute atomic E-state index is 0.0768. The molecule has 1 aliphatic heterocycles. The lowest BCUT2D eigenvalue weighted by Gasteiger charge is -2.42. The highest BCUT2D eigenvalue weighted by atomic mass is 19.2. The minimum atomic E-state index is -0.940. The number of rotatable bonds is 9. The first-order valence-electron chi connectivity index (χ1n) is 11.1. The summed E-state index contributed by atoms with van der Waals surface area (Å²) in [6.07, 6.45) is 2.20. The average Bonchev–Trinajstić information content (AvgIpc) is 3.34. The van der Waals surface area contributed by atoms with Gasteiger partial charge in [0.2, 0.25) is 5.91 Å². The number of carbonyl (C=O) groups excluding carboxylic acids is 2. The minimum Gasteiger partial charge on any atom is -0.484 e. The van der Waals surface area contributed by atoms with Crippen LogP contribution in [-0.4, -0.2) is 49.0 Å². The molecule has 1 saturated heterocycles. The predicted octanol–water partition coefficient (Wildman–Crippen LogP) is 3.36. The van der Waals surface area contributed by atoms with Gasteiger partial charge in [0.05, 0.1) is 12.5 Å². The van der Waals surface area contributed by atoms with E-state index in [-0.39, 0.29) is 24.8 Å². The fraction of sp³-hybridized carbons (Fsp3) is 0.440. The van der Waals surface area contributed by atoms with E-state index in [0.29, 0.717) is 16.9 Å². The quantitative estimate of drug-likeness (QED) is 0.603. The van der Waals surface area contributed by atoms with Gasteiger partial charge < -0.3 is 15.4 Å². The Labute approximate surface area is 193 Å². The second-order valence-corrected chi connectivity index (χ2v) is 8.81. The van der Waals surface area contributed by atoms with Crippen LogP contribution in [0.3, 0.4) is 0 Å². The fourth-order valence-electron chi connectivity index (χ4n) is 4.20. The molecule has 1 fully saturated rings. The Hall–Kier alpha value is -3.00. The van der Waals surface area contributed by atoms with Crippen molar-refractivity contribution >= 4 is 11.8 Å². The van der Waals surface area contributed by atoms with Crippen LogP contribution in [0.5, 0.6) is 5.75 Å². The average molecular weight is 460 g/mol. The third kappa shape index (κ3) is 6.28. The zero-order valence-electron chi connectivity index (χ0n) is 19.3. The van der Waals surface area contributed by atoms with Gasteiger partial charge in [0, 0.05) is 12.6 Å². The van der Waals surface area contributed by atoms with Crippen LogP contribution in [-0.2, 0) is 16.0 Å². The summed E-state index contributed by atoms with van der Waals surface area (Å²) in [4.78, 5) is 26.7. The van der Waals surface area contributed by atoms with Crippen LogP contribution in [0.25, 0.3) is 0 Å². The molecule has 33 heavy (non-hydrogen) atoms. The molecule has 3 rings (SSSR count). The molecule has 2 amide bonds. The van der Waals surface area contributed by atoms with Crippen molar-refractivity contribution in [2.45, 2.75) is 44.7 Å². The Morgan fingerprint density at radius 3 is 2.45 bits per heavy atom. The van der Waals surface area contributed by atoms with Crippen molar-refractivity contribution in [1.29, 1.82) is 0 Å². The van der Waals surface area contributed by atoms with Crippen molar-refractivity contribution in [3.8, 4) is 5.75 Å². The van der Waals surface area contributed by atoms with E-state index in [4.69, 9.17) is 4.74 Å². The lowest BCUT2D eigenvalue weighted by Crippen LogP contribution is -2.53. The van der Waals surface area contributed by atoms with Crippen molar-refractivity contribution in [3.63, 3.8) is 0 Å². The number of likely N-dealkylation sites (N-methyl/N-ethyl adjacent to an activating group) is 1. The van der Waals surface area contributed by atoms with Crippen molar-refractivity contribution < 1.29 is 23.1 Å². The number of hydrogen-bond donors (Lipinski definition) is 2. The van der Waals surface area contributed by atoms with Gasteiger partial charge in [0.1, 0.15) is 5.75 Å². The molecule has 0 aliphatic carbocycles. The molecule has 2 aromatic rings. The molecule has 0 bridgehead atoms. The van der Waals surface area contributed by atoms with Crippen molar-refractivity contribution in [1.82, 2.24) is 15.5 Å². The topological polar surface area (TPSA) is 70.7 Å². The normalized spacial score (nSPS) is 15.2. The largest absolute Gasteiger partial charge is 0.484 e. The number of halogens is 2. The summed E-state index contributed by atoms with van der Waals surface area (Å²) in [6.45, 7) is 5.67. The number of amides is 2. The predicted molar refractivity (Wildman–Crippen MR) is 122 cm³/mol. The van der Waals surface area contributed by atoms with Crippen molar-refractivity contribution in [3.05, 3.63) is 65.2 Å². The molecular weight excluding hydrogens is 428 g/mol. The molecule has 0 saturated carbocycles. The fourth-order valence-corrected chi connectivity index (χ4v) is 4.20. The van der Waals surface area contributed by atoms with Gasteiger partial charge in [-0.2, -0.15) is 0 Å². The molecule has 6 nitrogen and oxygen atoms in total. The second kappa shape index (κ2) is 10.7. The molecule has 0 radical (unpaired) electrons. The molecule has 1 heterocycles. The summed E-state index contributed by atoms with van der Waals surface area (Å²) in [7, 11) is 1.53. The van der Waals surface area contributed by atoms with E-state index < -0.39 is 23.2 Å². The van der Waals surface area contributed by atoms with Gasteiger partial charge in [-0.3, -0.25) is 14.5 Å². The lowest BCUT2D eigenvalue weighted by molar-refractivity contribution is -0.123. The van der Waals surface area contributed by atoms with E-state index in [1.165, 1.54) is 13.1 Å². The van der Waals surface area contributed by atoms with Gasteiger partial charge in [-0.15, -0.1) is 0 Å². The second-order valence-electron chi connectivity index (χ2n) is 8.81. The van der Waals surface area contributed by atoms with Crippen LogP contribution in [0.15, 0.2) is 42.5 Å². The molecule has 1 unspecified atom stereocenters. The molecule has 1 atom stereocenters. The number of ether oxygens (including phenoxy) is 1. The number of hydrogen-bond acceptors (Lipinski definition) is 4. The summed E-state index contributed by atoms with van der Waals surface area (Å²) in [5.74, 6) is -1.88. The highest BCUT2D eigenvalue weighted by Gasteiger charge is 2.39. The maximum Gasteiger partial charge on any atom is 0.257 e. The Balaban J connectivity index is 1.77. The number of benzene rings is 2. The molecule has 0 aromatic heterocycles. The molecule has 2 aromatic carbocycles. The first-order chi connectivity index (χ1) is 15.7. The van der Waals surface area contributed by atoms with E-state index in [2.05, 4.69) is 15.5 Å². The first-order valence-corrected chi connectivity index (χ1v) is 11.1. The molecule has 8 heteroatoms. The molecule has 0 spiro atoms. The standard InChI is InChI=1S/C25H31F2N3O3/c1-25(2,30-11-4-5-12-30)24(18-9-10-20(26)21(27)15-18)29-22(31)14-17-7-6-8-19(13-17)33-16-23(32)28-3/h6-10,13,15,24H,4-5,11-12,14,16H2,1-3H3,(H,28,32)(H,29,31). The SMILES string of the molecule is CNC(=O)COc1cccc(CC(=O)NC(c2ccc(F)c(F)c2)C(C)(C)N2CCCC2)c1. The van der Waals surface area contributed by atoms with Gasteiger partial charge in [0.15, 0.2) is 18.2 Å². The number of nitrogens with zero attached hydrogens (tertiary/aromatic N) is 1. The summed E-state index contributed by atoms with van der Waals surface area (Å²) in [5.41, 5.74) is 0.723. The van der Waals surface area contributed by atoms with Gasteiger partial charge in [-0.05, 0) is 75.2 Å². The van der Waals surface area contributed by atoms with Gasteiger partial charge in [0.25, 0.3) is 5.91 Å². The van der Waals surface area contributed by atoms with Crippen LogP contribution in [0, 0.1) is 11.6 Å². The number of nitrogens with one attached hydrogen (secondary N) is 2. The van der Waals surface area contributed by atoms with Crippen LogP contribution in [0.2, 0.25) is 0 Å². The molecular formula is C25H31F2N3O3. The molecule has 1 aliphatic rings. The summed E-state index contributed by atoms with van der Waals surface area (Å²) >= 11 is 0. The lowest BCUT2D eigenvalue weighted by atomic mass is 9.86. The van der Waals surface area contributed by atoms with Crippen molar-refractivity contribution in [2.75, 3.05) is 26.7 Å². The van der Waals surface area contributed by atoms with Gasteiger partial charge >= 0.3 is 0 Å². The van der Waals surface area contributed by atoms with Crippen molar-refractivity contribution in [2.24, 2.45) is 0 Å². The molecule has 2 N–H and O–H groups in total. The van der Waals surface area contributed by atoms with Crippen LogP contribution >= 0.6 is 0 Å². The van der Waals surface area contributed by atoms with E-state index in [1.54, 1.807) is 24.3 Å². The van der Waals surface area contributed by atoms with Gasteiger partial charge in [-0.25, -0.2) is 8.78 Å².